The Morgan fingerprint density at radius 1 is 1.00 bits per heavy atom. The van der Waals surface area contributed by atoms with Gasteiger partial charge in [-0.25, -0.2) is 4.98 Å². The number of Topliss-reactive ketones (excluding diaryl/α,β-unsaturated/α-hetero) is 1. The number of carbonyl (C=O) groups is 1. The van der Waals surface area contributed by atoms with Gasteiger partial charge in [0, 0.05) is 11.1 Å². The summed E-state index contributed by atoms with van der Waals surface area (Å²) in [4.78, 5) is 16.6. The third-order valence-corrected chi connectivity index (χ3v) is 5.33. The molecule has 0 aliphatic rings. The summed E-state index contributed by atoms with van der Waals surface area (Å²) >= 11 is 0.932. The van der Waals surface area contributed by atoms with Crippen LogP contribution in [-0.2, 0) is 6.18 Å². The first-order valence-electron chi connectivity index (χ1n) is 8.78. The number of alkyl halides is 3. The first-order chi connectivity index (χ1) is 14.8. The highest BCUT2D eigenvalue weighted by Gasteiger charge is 2.30. The molecule has 1 heterocycles. The highest BCUT2D eigenvalue weighted by Crippen LogP contribution is 2.36. The number of nitrogens with zero attached hydrogens (tertiary/aromatic N) is 3. The summed E-state index contributed by atoms with van der Waals surface area (Å²) in [5, 5.41) is 19.4. The maximum atomic E-state index is 12.7. The fourth-order valence-electron chi connectivity index (χ4n) is 2.86. The van der Waals surface area contributed by atoms with E-state index >= 15 is 0 Å². The van der Waals surface area contributed by atoms with E-state index in [1.54, 1.807) is 30.3 Å². The number of halogens is 3. The second kappa shape index (κ2) is 8.90. The number of aromatic nitrogens is 1. The van der Waals surface area contributed by atoms with Gasteiger partial charge in [0.25, 0.3) is 0 Å². The van der Waals surface area contributed by atoms with Crippen LogP contribution in [0.4, 0.5) is 19.0 Å². The fraction of sp³-hybridized carbons (Fsp3) is 0.0909. The largest absolute Gasteiger partial charge is 0.416 e. The number of pyridine rings is 1. The lowest BCUT2D eigenvalue weighted by Crippen LogP contribution is -2.08. The Labute approximate surface area is 179 Å². The maximum Gasteiger partial charge on any atom is 0.416 e. The summed E-state index contributed by atoms with van der Waals surface area (Å²) < 4.78 is 38.1. The van der Waals surface area contributed by atoms with Gasteiger partial charge in [-0.15, -0.1) is 0 Å². The molecule has 0 aliphatic heterocycles. The van der Waals surface area contributed by atoms with E-state index in [0.29, 0.717) is 11.1 Å². The molecule has 0 radical (unpaired) electrons. The zero-order valence-electron chi connectivity index (χ0n) is 15.8. The minimum absolute atomic E-state index is 0.0566. The third kappa shape index (κ3) is 4.68. The van der Waals surface area contributed by atoms with E-state index in [2.05, 4.69) is 4.98 Å². The number of hydrogen-bond donors (Lipinski definition) is 1. The van der Waals surface area contributed by atoms with Crippen molar-refractivity contribution in [2.45, 2.75) is 11.2 Å². The molecule has 2 aromatic carbocycles. The van der Waals surface area contributed by atoms with Crippen LogP contribution in [0.3, 0.4) is 0 Å². The highest BCUT2D eigenvalue weighted by molar-refractivity contribution is 8.00. The second-order valence-corrected chi connectivity index (χ2v) is 7.27. The Balaban J connectivity index is 1.92. The Bertz CT molecular complexity index is 1210. The topological polar surface area (TPSA) is 104 Å². The monoisotopic (exact) mass is 438 g/mol. The minimum atomic E-state index is -4.49. The van der Waals surface area contributed by atoms with Crippen LogP contribution >= 0.6 is 11.8 Å². The molecule has 154 valence electrons. The Morgan fingerprint density at radius 2 is 1.61 bits per heavy atom. The van der Waals surface area contributed by atoms with Crippen molar-refractivity contribution in [3.63, 3.8) is 0 Å². The fourth-order valence-corrected chi connectivity index (χ4v) is 3.75. The van der Waals surface area contributed by atoms with Gasteiger partial charge in [0.15, 0.2) is 5.78 Å². The normalized spacial score (nSPS) is 10.9. The van der Waals surface area contributed by atoms with Crippen molar-refractivity contribution in [2.24, 2.45) is 0 Å². The van der Waals surface area contributed by atoms with Crippen molar-refractivity contribution in [3.05, 3.63) is 76.9 Å². The number of nitriles is 2. The number of anilines is 1. The van der Waals surface area contributed by atoms with E-state index in [1.807, 2.05) is 12.1 Å². The summed E-state index contributed by atoms with van der Waals surface area (Å²) in [6, 6.07) is 16.6. The SMILES string of the molecule is N#Cc1c(N)nc(SCC(=O)c2ccc(C(F)(F)F)cc2)c(C#N)c1-c1ccccc1. The lowest BCUT2D eigenvalue weighted by Gasteiger charge is -2.13. The van der Waals surface area contributed by atoms with Crippen molar-refractivity contribution >= 4 is 23.4 Å². The molecule has 2 N–H and O–H groups in total. The molecule has 9 heteroatoms. The molecule has 0 fully saturated rings. The van der Waals surface area contributed by atoms with Gasteiger partial charge in [-0.2, -0.15) is 23.7 Å². The predicted molar refractivity (Wildman–Crippen MR) is 110 cm³/mol. The first-order valence-corrected chi connectivity index (χ1v) is 9.77. The van der Waals surface area contributed by atoms with E-state index < -0.39 is 17.5 Å². The van der Waals surface area contributed by atoms with Crippen LogP contribution in [0.2, 0.25) is 0 Å². The van der Waals surface area contributed by atoms with Crippen LogP contribution in [-0.4, -0.2) is 16.5 Å². The first kappa shape index (κ1) is 21.9. The van der Waals surface area contributed by atoms with Crippen molar-refractivity contribution in [3.8, 4) is 23.3 Å². The molecular weight excluding hydrogens is 425 g/mol. The molecule has 5 nitrogen and oxygen atoms in total. The molecule has 1 aromatic heterocycles. The molecule has 0 unspecified atom stereocenters. The number of benzene rings is 2. The molecule has 0 aliphatic carbocycles. The summed E-state index contributed by atoms with van der Waals surface area (Å²) in [6.45, 7) is 0. The van der Waals surface area contributed by atoms with E-state index in [4.69, 9.17) is 5.73 Å². The average molecular weight is 438 g/mol. The number of carbonyl (C=O) groups excluding carboxylic acids is 1. The second-order valence-electron chi connectivity index (χ2n) is 6.30. The van der Waals surface area contributed by atoms with E-state index in [0.717, 1.165) is 36.0 Å². The quantitative estimate of drug-likeness (QED) is 0.441. The van der Waals surface area contributed by atoms with E-state index in [1.165, 1.54) is 0 Å². The number of nitrogens with two attached hydrogens (primary N) is 1. The molecule has 3 rings (SSSR count). The zero-order valence-corrected chi connectivity index (χ0v) is 16.6. The summed E-state index contributed by atoms with van der Waals surface area (Å²) in [5.41, 5.74) is 6.25. The van der Waals surface area contributed by atoms with Crippen LogP contribution in [0.5, 0.6) is 0 Å². The Morgan fingerprint density at radius 3 is 2.16 bits per heavy atom. The molecule has 31 heavy (non-hydrogen) atoms. The van der Waals surface area contributed by atoms with E-state index in [-0.39, 0.29) is 33.3 Å². The number of hydrogen-bond acceptors (Lipinski definition) is 6. The Kier molecular flexibility index (Phi) is 6.28. The summed E-state index contributed by atoms with van der Waals surface area (Å²) in [6.07, 6.45) is -4.49. The molecule has 0 saturated carbocycles. The zero-order chi connectivity index (χ0) is 22.6. The average Bonchev–Trinajstić information content (AvgIpc) is 2.77. The van der Waals surface area contributed by atoms with Crippen molar-refractivity contribution < 1.29 is 18.0 Å². The Hall–Kier alpha value is -3.82. The van der Waals surface area contributed by atoms with Crippen molar-refractivity contribution in [2.75, 3.05) is 11.5 Å². The van der Waals surface area contributed by atoms with Gasteiger partial charge in [-0.05, 0) is 17.7 Å². The van der Waals surface area contributed by atoms with Crippen LogP contribution in [0.25, 0.3) is 11.1 Å². The van der Waals surface area contributed by atoms with Crippen LogP contribution in [0, 0.1) is 22.7 Å². The molecule has 0 atom stereocenters. The molecule has 0 amide bonds. The smallest absolute Gasteiger partial charge is 0.383 e. The van der Waals surface area contributed by atoms with Gasteiger partial charge in [0.2, 0.25) is 0 Å². The van der Waals surface area contributed by atoms with Gasteiger partial charge in [0.1, 0.15) is 28.5 Å². The maximum absolute atomic E-state index is 12.7. The number of thioether (sulfide) groups is 1. The van der Waals surface area contributed by atoms with Crippen LogP contribution in [0.15, 0.2) is 59.6 Å². The van der Waals surface area contributed by atoms with Gasteiger partial charge in [0.05, 0.1) is 16.9 Å². The van der Waals surface area contributed by atoms with Crippen LogP contribution < -0.4 is 5.73 Å². The highest BCUT2D eigenvalue weighted by atomic mass is 32.2. The number of nitrogen functional groups attached to an aromatic ring is 1. The van der Waals surface area contributed by atoms with Gasteiger partial charge in [-0.1, -0.05) is 54.2 Å². The number of rotatable bonds is 5. The molecule has 0 bridgehead atoms. The molecule has 0 spiro atoms. The van der Waals surface area contributed by atoms with Gasteiger partial charge in [-0.3, -0.25) is 4.79 Å². The lowest BCUT2D eigenvalue weighted by molar-refractivity contribution is -0.137. The minimum Gasteiger partial charge on any atom is -0.383 e. The summed E-state index contributed by atoms with van der Waals surface area (Å²) in [7, 11) is 0. The predicted octanol–water partition coefficient (Wildman–Crippen LogP) is 5.07. The van der Waals surface area contributed by atoms with E-state index in [9.17, 15) is 28.5 Å². The van der Waals surface area contributed by atoms with Gasteiger partial charge >= 0.3 is 6.18 Å². The van der Waals surface area contributed by atoms with Crippen LogP contribution in [0.1, 0.15) is 27.0 Å². The van der Waals surface area contributed by atoms with Gasteiger partial charge < -0.3 is 5.73 Å². The standard InChI is InChI=1S/C22H13F3N4OS/c23-22(24,25)15-8-6-13(7-9-15)18(30)12-31-21-17(11-27)19(14-4-2-1-3-5-14)16(10-26)20(28)29-21/h1-9H,12H2,(H2,28,29). The molecular formula is C22H13F3N4OS. The third-order valence-electron chi connectivity index (χ3n) is 4.35. The molecule has 3 aromatic rings. The lowest BCUT2D eigenvalue weighted by atomic mass is 9.97. The van der Waals surface area contributed by atoms with Crippen molar-refractivity contribution in [1.29, 1.82) is 10.5 Å². The number of ketones is 1. The van der Waals surface area contributed by atoms with Crippen molar-refractivity contribution in [1.82, 2.24) is 4.98 Å². The summed E-state index contributed by atoms with van der Waals surface area (Å²) in [5.74, 6) is -0.689. The molecule has 0 saturated heterocycles.